The van der Waals surface area contributed by atoms with Crippen molar-refractivity contribution in [2.45, 2.75) is 0 Å². The monoisotopic (exact) mass is 298 g/mol. The van der Waals surface area contributed by atoms with Crippen molar-refractivity contribution >= 4 is 17.9 Å². The molecule has 4 N–H and O–H groups in total. The second-order valence-electron chi connectivity index (χ2n) is 4.56. The first-order valence-corrected chi connectivity index (χ1v) is 6.40. The van der Waals surface area contributed by atoms with Gasteiger partial charge in [-0.2, -0.15) is 0 Å². The molecule has 22 heavy (non-hydrogen) atoms. The van der Waals surface area contributed by atoms with Gasteiger partial charge in [0.2, 0.25) is 0 Å². The molecule has 0 heterocycles. The third kappa shape index (κ3) is 3.89. The van der Waals surface area contributed by atoms with Gasteiger partial charge in [-0.1, -0.05) is 12.1 Å². The lowest BCUT2D eigenvalue weighted by molar-refractivity contribution is -0.110. The fourth-order valence-electron chi connectivity index (χ4n) is 1.73. The number of phenolic OH excluding ortho intramolecular Hbond substituents is 4. The quantitative estimate of drug-likeness (QED) is 0.395. The molecular formula is C17H14O5. The van der Waals surface area contributed by atoms with E-state index in [4.69, 9.17) is 0 Å². The van der Waals surface area contributed by atoms with Crippen LogP contribution in [0.5, 0.6) is 23.0 Å². The molecule has 112 valence electrons. The molecule has 0 unspecified atom stereocenters. The fourth-order valence-corrected chi connectivity index (χ4v) is 1.73. The van der Waals surface area contributed by atoms with Crippen molar-refractivity contribution in [3.63, 3.8) is 0 Å². The number of carbonyl (C=O) groups is 1. The number of ketones is 1. The molecular weight excluding hydrogens is 284 g/mol. The van der Waals surface area contributed by atoms with Crippen LogP contribution in [0.3, 0.4) is 0 Å². The number of phenols is 4. The Hall–Kier alpha value is -3.21. The molecule has 0 bridgehead atoms. The summed E-state index contributed by atoms with van der Waals surface area (Å²) in [7, 11) is 0. The van der Waals surface area contributed by atoms with Gasteiger partial charge in [-0.3, -0.25) is 4.79 Å². The highest BCUT2D eigenvalue weighted by molar-refractivity contribution is 6.04. The van der Waals surface area contributed by atoms with E-state index in [0.717, 1.165) is 0 Å². The molecule has 2 aromatic rings. The van der Waals surface area contributed by atoms with Crippen molar-refractivity contribution in [1.29, 1.82) is 0 Å². The summed E-state index contributed by atoms with van der Waals surface area (Å²) in [5, 5.41) is 37.4. The van der Waals surface area contributed by atoms with Crippen LogP contribution in [0, 0.1) is 0 Å². The number of rotatable bonds is 4. The summed E-state index contributed by atoms with van der Waals surface area (Å²) in [5.41, 5.74) is 0.876. The fraction of sp³-hybridized carbons (Fsp3) is 0. The van der Waals surface area contributed by atoms with Crippen molar-refractivity contribution in [3.8, 4) is 23.0 Å². The van der Waals surface area contributed by atoms with Gasteiger partial charge in [0.05, 0.1) is 0 Å². The summed E-state index contributed by atoms with van der Waals surface area (Å²) in [6, 6.07) is 8.19. The molecule has 0 fully saturated rings. The second kappa shape index (κ2) is 6.49. The van der Waals surface area contributed by atoms with Gasteiger partial charge in [-0.05, 0) is 54.1 Å². The van der Waals surface area contributed by atoms with Gasteiger partial charge >= 0.3 is 0 Å². The zero-order valence-electron chi connectivity index (χ0n) is 11.5. The summed E-state index contributed by atoms with van der Waals surface area (Å²) in [4.78, 5) is 11.7. The summed E-state index contributed by atoms with van der Waals surface area (Å²) < 4.78 is 0. The Kier molecular flexibility index (Phi) is 4.48. The van der Waals surface area contributed by atoms with E-state index < -0.39 is 0 Å². The summed E-state index contributed by atoms with van der Waals surface area (Å²) in [6.45, 7) is 0. The molecule has 0 aliphatic heterocycles. The summed E-state index contributed by atoms with van der Waals surface area (Å²) in [6.07, 6.45) is 5.39. The van der Waals surface area contributed by atoms with E-state index >= 15 is 0 Å². The van der Waals surface area contributed by atoms with Crippen LogP contribution in [0.2, 0.25) is 0 Å². The lowest BCUT2D eigenvalue weighted by Gasteiger charge is -1.99. The molecule has 0 aliphatic carbocycles. The molecule has 0 atom stereocenters. The van der Waals surface area contributed by atoms with Crippen molar-refractivity contribution in [1.82, 2.24) is 0 Å². The van der Waals surface area contributed by atoms with Crippen molar-refractivity contribution in [2.24, 2.45) is 0 Å². The van der Waals surface area contributed by atoms with Gasteiger partial charge in [0.1, 0.15) is 11.5 Å². The first-order valence-electron chi connectivity index (χ1n) is 6.40. The number of allylic oxidation sites excluding steroid dienone is 2. The number of hydrogen-bond donors (Lipinski definition) is 4. The Labute approximate surface area is 126 Å². The van der Waals surface area contributed by atoms with E-state index in [2.05, 4.69) is 0 Å². The third-order valence-corrected chi connectivity index (χ3v) is 2.88. The first-order chi connectivity index (χ1) is 10.5. The van der Waals surface area contributed by atoms with Gasteiger partial charge in [0, 0.05) is 5.56 Å². The molecule has 2 rings (SSSR count). The van der Waals surface area contributed by atoms with Gasteiger partial charge in [0.25, 0.3) is 0 Å². The van der Waals surface area contributed by atoms with Gasteiger partial charge < -0.3 is 20.4 Å². The highest BCUT2D eigenvalue weighted by atomic mass is 16.3. The largest absolute Gasteiger partial charge is 0.508 e. The van der Waals surface area contributed by atoms with Crippen LogP contribution < -0.4 is 0 Å². The number of carbonyl (C=O) groups excluding carboxylic acids is 1. The maximum Gasteiger partial charge on any atom is 0.178 e. The predicted molar refractivity (Wildman–Crippen MR) is 82.6 cm³/mol. The Balaban J connectivity index is 2.09. The van der Waals surface area contributed by atoms with Crippen molar-refractivity contribution < 1.29 is 25.2 Å². The van der Waals surface area contributed by atoms with Crippen LogP contribution in [-0.2, 0) is 4.79 Å². The maximum absolute atomic E-state index is 11.7. The highest BCUT2D eigenvalue weighted by Crippen LogP contribution is 2.25. The van der Waals surface area contributed by atoms with Crippen LogP contribution in [0.4, 0.5) is 0 Å². The molecule has 0 saturated carbocycles. The normalized spacial score (nSPS) is 11.3. The Morgan fingerprint density at radius 3 is 2.18 bits per heavy atom. The molecule has 0 amide bonds. The Morgan fingerprint density at radius 1 is 0.773 bits per heavy atom. The Morgan fingerprint density at radius 2 is 1.45 bits per heavy atom. The van der Waals surface area contributed by atoms with Crippen molar-refractivity contribution in [2.75, 3.05) is 0 Å². The van der Waals surface area contributed by atoms with Gasteiger partial charge in [-0.25, -0.2) is 0 Å². The van der Waals surface area contributed by atoms with E-state index in [0.29, 0.717) is 11.1 Å². The minimum atomic E-state index is -0.338. The smallest absolute Gasteiger partial charge is 0.178 e. The van der Waals surface area contributed by atoms with Crippen LogP contribution in [0.1, 0.15) is 11.1 Å². The zero-order valence-corrected chi connectivity index (χ0v) is 11.5. The molecule has 0 radical (unpaired) electrons. The molecule has 2 aromatic carbocycles. The van der Waals surface area contributed by atoms with Gasteiger partial charge in [-0.15, -0.1) is 0 Å². The topological polar surface area (TPSA) is 98.0 Å². The average molecular weight is 298 g/mol. The average Bonchev–Trinajstić information content (AvgIpc) is 2.49. The lowest BCUT2D eigenvalue weighted by atomic mass is 10.1. The minimum Gasteiger partial charge on any atom is -0.508 e. The van der Waals surface area contributed by atoms with E-state index in [9.17, 15) is 25.2 Å². The second-order valence-corrected chi connectivity index (χ2v) is 4.56. The molecule has 0 spiro atoms. The third-order valence-electron chi connectivity index (χ3n) is 2.88. The lowest BCUT2D eigenvalue weighted by Crippen LogP contribution is -1.85. The standard InChI is InChI=1S/C17H14O5/c18-13(4-1-11-2-7-16(21)17(22)9-11)5-3-12-10-14(19)6-8-15(12)20/h1-10,19-22H/b4-1+,5-3+. The number of aromatic hydroxyl groups is 4. The summed E-state index contributed by atoms with van der Waals surface area (Å²) in [5.74, 6) is -0.901. The molecule has 5 nitrogen and oxygen atoms in total. The van der Waals surface area contributed by atoms with Gasteiger partial charge in [0.15, 0.2) is 17.3 Å². The number of benzene rings is 2. The zero-order chi connectivity index (χ0) is 16.1. The van der Waals surface area contributed by atoms with E-state index in [1.54, 1.807) is 6.07 Å². The van der Waals surface area contributed by atoms with Crippen LogP contribution >= 0.6 is 0 Å². The number of hydrogen-bond acceptors (Lipinski definition) is 5. The minimum absolute atomic E-state index is 0.0139. The van der Waals surface area contributed by atoms with E-state index in [1.165, 1.54) is 54.6 Å². The molecule has 0 aliphatic rings. The van der Waals surface area contributed by atoms with Crippen LogP contribution in [0.15, 0.2) is 48.6 Å². The van der Waals surface area contributed by atoms with Crippen molar-refractivity contribution in [3.05, 3.63) is 59.7 Å². The summed E-state index contributed by atoms with van der Waals surface area (Å²) >= 11 is 0. The van der Waals surface area contributed by atoms with E-state index in [-0.39, 0.29) is 28.8 Å². The van der Waals surface area contributed by atoms with Crippen LogP contribution in [0.25, 0.3) is 12.2 Å². The first kappa shape index (κ1) is 15.2. The van der Waals surface area contributed by atoms with E-state index in [1.807, 2.05) is 0 Å². The van der Waals surface area contributed by atoms with Crippen LogP contribution in [-0.4, -0.2) is 26.2 Å². The Bertz CT molecular complexity index is 760. The predicted octanol–water partition coefficient (Wildman–Crippen LogP) is 2.80. The SMILES string of the molecule is O=C(/C=C/c1ccc(O)c(O)c1)/C=C/c1cc(O)ccc1O. The highest BCUT2D eigenvalue weighted by Gasteiger charge is 2.00. The molecule has 0 aromatic heterocycles. The molecule has 0 saturated heterocycles. The maximum atomic E-state index is 11.7. The molecule has 5 heteroatoms.